The molecular weight excluding hydrogens is 364 g/mol. The average Bonchev–Trinajstić information content (AvgIpc) is 3.19. The Labute approximate surface area is 163 Å². The van der Waals surface area contributed by atoms with E-state index in [2.05, 4.69) is 12.2 Å². The topological polar surface area (TPSA) is 75.7 Å². The first-order valence-corrected chi connectivity index (χ1v) is 11.5. The number of carbonyl (C=O) groups is 1. The molecule has 0 saturated carbocycles. The smallest absolute Gasteiger partial charge is 0.246 e. The first-order valence-electron chi connectivity index (χ1n) is 10.0. The lowest BCUT2D eigenvalue weighted by Crippen LogP contribution is -2.28. The van der Waals surface area contributed by atoms with Gasteiger partial charge in [-0.3, -0.25) is 4.79 Å². The number of carbonyl (C=O) groups excluding carboxylic acids is 1. The molecule has 0 aromatic heterocycles. The molecule has 1 amide bonds. The van der Waals surface area contributed by atoms with Gasteiger partial charge >= 0.3 is 0 Å². The molecule has 1 heterocycles. The molecular formula is C20H32N2O4S. The zero-order valence-corrected chi connectivity index (χ0v) is 17.5. The Kier molecular flexibility index (Phi) is 8.10. The normalized spacial score (nSPS) is 16.3. The first kappa shape index (κ1) is 21.7. The molecule has 1 unspecified atom stereocenters. The Hall–Kier alpha value is -1.60. The van der Waals surface area contributed by atoms with Crippen LogP contribution in [0.1, 0.15) is 59.3 Å². The summed E-state index contributed by atoms with van der Waals surface area (Å²) in [6.45, 7) is 7.36. The molecule has 1 aromatic rings. The number of nitrogens with one attached hydrogen (secondary N) is 1. The number of benzene rings is 1. The molecule has 7 heteroatoms. The third-order valence-corrected chi connectivity index (χ3v) is 6.88. The van der Waals surface area contributed by atoms with E-state index in [4.69, 9.17) is 4.74 Å². The molecule has 1 aliphatic heterocycles. The molecule has 0 aliphatic carbocycles. The maximum Gasteiger partial charge on any atom is 0.246 e. The fourth-order valence-corrected chi connectivity index (χ4v) is 5.02. The van der Waals surface area contributed by atoms with Crippen molar-refractivity contribution in [1.82, 2.24) is 4.31 Å². The number of hydrogen-bond donors (Lipinski definition) is 1. The van der Waals surface area contributed by atoms with Crippen molar-refractivity contribution in [3.63, 3.8) is 0 Å². The molecule has 1 fully saturated rings. The summed E-state index contributed by atoms with van der Waals surface area (Å²) in [7, 11) is -3.63. The number of anilines is 1. The van der Waals surface area contributed by atoms with E-state index in [1.165, 1.54) is 10.4 Å². The van der Waals surface area contributed by atoms with Crippen LogP contribution in [-0.2, 0) is 14.8 Å². The van der Waals surface area contributed by atoms with Crippen LogP contribution in [0, 0.1) is 5.92 Å². The highest BCUT2D eigenvalue weighted by Gasteiger charge is 2.30. The molecule has 27 heavy (non-hydrogen) atoms. The van der Waals surface area contributed by atoms with E-state index in [1.807, 2.05) is 13.8 Å². The second-order valence-corrected chi connectivity index (χ2v) is 8.85. The average molecular weight is 397 g/mol. The molecule has 1 aliphatic rings. The summed E-state index contributed by atoms with van der Waals surface area (Å²) < 4.78 is 33.1. The Bertz CT molecular complexity index is 727. The van der Waals surface area contributed by atoms with Gasteiger partial charge in [-0.15, -0.1) is 0 Å². The van der Waals surface area contributed by atoms with Crippen LogP contribution in [0.3, 0.4) is 0 Å². The van der Waals surface area contributed by atoms with Gasteiger partial charge in [0.25, 0.3) is 0 Å². The van der Waals surface area contributed by atoms with Crippen molar-refractivity contribution in [3.05, 3.63) is 18.2 Å². The van der Waals surface area contributed by atoms with Gasteiger partial charge in [-0.2, -0.15) is 4.31 Å². The minimum atomic E-state index is -3.63. The maximum absolute atomic E-state index is 13.0. The lowest BCUT2D eigenvalue weighted by Gasteiger charge is -2.20. The molecule has 1 aromatic carbocycles. The van der Waals surface area contributed by atoms with Crippen LogP contribution in [0.2, 0.25) is 0 Å². The van der Waals surface area contributed by atoms with Crippen molar-refractivity contribution in [2.45, 2.75) is 64.2 Å². The van der Waals surface area contributed by atoms with Crippen molar-refractivity contribution in [3.8, 4) is 5.75 Å². The van der Waals surface area contributed by atoms with E-state index >= 15 is 0 Å². The molecule has 1 N–H and O–H groups in total. The number of unbranched alkanes of at least 4 members (excludes halogenated alkanes) is 1. The summed E-state index contributed by atoms with van der Waals surface area (Å²) in [5.41, 5.74) is 0.496. The molecule has 1 saturated heterocycles. The molecule has 6 nitrogen and oxygen atoms in total. The maximum atomic E-state index is 13.0. The molecule has 1 atom stereocenters. The van der Waals surface area contributed by atoms with E-state index < -0.39 is 10.0 Å². The van der Waals surface area contributed by atoms with Crippen LogP contribution >= 0.6 is 0 Å². The zero-order valence-electron chi connectivity index (χ0n) is 16.7. The minimum absolute atomic E-state index is 0.0559. The lowest BCUT2D eigenvalue weighted by molar-refractivity contribution is -0.120. The van der Waals surface area contributed by atoms with Crippen LogP contribution in [0.5, 0.6) is 5.75 Å². The number of nitrogens with zero attached hydrogens (tertiary/aromatic N) is 1. The van der Waals surface area contributed by atoms with E-state index in [1.54, 1.807) is 12.1 Å². The van der Waals surface area contributed by atoms with Gasteiger partial charge in [0, 0.05) is 24.7 Å². The van der Waals surface area contributed by atoms with Crippen LogP contribution in [0.4, 0.5) is 5.69 Å². The molecule has 0 spiro atoms. The molecule has 0 bridgehead atoms. The van der Waals surface area contributed by atoms with Gasteiger partial charge in [0.15, 0.2) is 0 Å². The second kappa shape index (κ2) is 10.1. The van der Waals surface area contributed by atoms with Crippen LogP contribution in [0.25, 0.3) is 0 Å². The van der Waals surface area contributed by atoms with Gasteiger partial charge in [0.1, 0.15) is 10.6 Å². The quantitative estimate of drug-likeness (QED) is 0.648. The highest BCUT2D eigenvalue weighted by molar-refractivity contribution is 7.89. The van der Waals surface area contributed by atoms with Crippen molar-refractivity contribution < 1.29 is 17.9 Å². The summed E-state index contributed by atoms with van der Waals surface area (Å²) in [4.78, 5) is 12.7. The van der Waals surface area contributed by atoms with Crippen LogP contribution in [0.15, 0.2) is 23.1 Å². The van der Waals surface area contributed by atoms with Crippen molar-refractivity contribution in [2.24, 2.45) is 5.92 Å². The van der Waals surface area contributed by atoms with Gasteiger partial charge in [0.05, 0.1) is 6.61 Å². The van der Waals surface area contributed by atoms with Crippen molar-refractivity contribution >= 4 is 21.6 Å². The molecule has 152 valence electrons. The summed E-state index contributed by atoms with van der Waals surface area (Å²) in [5.74, 6) is 0.218. The fraction of sp³-hybridized carbons (Fsp3) is 0.650. The zero-order chi connectivity index (χ0) is 19.9. The predicted molar refractivity (Wildman–Crippen MR) is 108 cm³/mol. The van der Waals surface area contributed by atoms with E-state index in [9.17, 15) is 13.2 Å². The van der Waals surface area contributed by atoms with Gasteiger partial charge in [0.2, 0.25) is 15.9 Å². The van der Waals surface area contributed by atoms with E-state index in [0.29, 0.717) is 31.1 Å². The van der Waals surface area contributed by atoms with Crippen LogP contribution < -0.4 is 10.1 Å². The highest BCUT2D eigenvalue weighted by Crippen LogP contribution is 2.32. The number of sulfonamides is 1. The van der Waals surface area contributed by atoms with Gasteiger partial charge in [-0.05, 0) is 50.8 Å². The first-order chi connectivity index (χ1) is 12.9. The second-order valence-electron chi connectivity index (χ2n) is 6.94. The number of rotatable bonds is 10. The highest BCUT2D eigenvalue weighted by atomic mass is 32.2. The van der Waals surface area contributed by atoms with Gasteiger partial charge in [-0.1, -0.05) is 26.7 Å². The Morgan fingerprint density at radius 1 is 1.22 bits per heavy atom. The minimum Gasteiger partial charge on any atom is -0.492 e. The molecule has 2 rings (SSSR count). The van der Waals surface area contributed by atoms with Crippen molar-refractivity contribution in [2.75, 3.05) is 25.0 Å². The summed E-state index contributed by atoms with van der Waals surface area (Å²) >= 11 is 0. The predicted octanol–water partition coefficient (Wildman–Crippen LogP) is 4.02. The third kappa shape index (κ3) is 5.45. The summed E-state index contributed by atoms with van der Waals surface area (Å²) in [5, 5.41) is 2.90. The van der Waals surface area contributed by atoms with Gasteiger partial charge < -0.3 is 10.1 Å². The largest absolute Gasteiger partial charge is 0.492 e. The SMILES string of the molecule is CCCCC(CC)C(=O)Nc1ccc(OCC)c(S(=O)(=O)N2CCCC2)c1. The third-order valence-electron chi connectivity index (χ3n) is 4.96. The standard InChI is InChI=1S/C20H32N2O4S/c1-4-7-10-16(5-2)20(23)21-17-11-12-18(26-6-3)19(15-17)27(24,25)22-13-8-9-14-22/h11-12,15-16H,4-10,13-14H2,1-3H3,(H,21,23). The Morgan fingerprint density at radius 2 is 1.93 bits per heavy atom. The van der Waals surface area contributed by atoms with Gasteiger partial charge in [-0.25, -0.2) is 8.42 Å². The number of amides is 1. The van der Waals surface area contributed by atoms with Crippen LogP contribution in [-0.4, -0.2) is 38.3 Å². The molecule has 0 radical (unpaired) electrons. The monoisotopic (exact) mass is 396 g/mol. The number of ether oxygens (including phenoxy) is 1. The van der Waals surface area contributed by atoms with Crippen molar-refractivity contribution in [1.29, 1.82) is 0 Å². The summed E-state index contributed by atoms with van der Waals surface area (Å²) in [6.07, 6.45) is 5.40. The summed E-state index contributed by atoms with van der Waals surface area (Å²) in [6, 6.07) is 4.87. The Balaban J connectivity index is 2.27. The Morgan fingerprint density at radius 3 is 2.52 bits per heavy atom. The fourth-order valence-electron chi connectivity index (χ4n) is 3.35. The van der Waals surface area contributed by atoms with E-state index in [0.717, 1.165) is 38.5 Å². The lowest BCUT2D eigenvalue weighted by atomic mass is 9.98. The number of hydrogen-bond acceptors (Lipinski definition) is 4. The van der Waals surface area contributed by atoms with E-state index in [-0.39, 0.29) is 16.7 Å².